The van der Waals surface area contributed by atoms with Gasteiger partial charge in [0.2, 0.25) is 0 Å². The van der Waals surface area contributed by atoms with Gasteiger partial charge >= 0.3 is 0 Å². The van der Waals surface area contributed by atoms with Gasteiger partial charge in [0.1, 0.15) is 0 Å². The molecule has 0 unspecified atom stereocenters. The summed E-state index contributed by atoms with van der Waals surface area (Å²) in [6, 6.07) is 46.8. The summed E-state index contributed by atoms with van der Waals surface area (Å²) >= 11 is 0. The molecule has 5 aromatic carbocycles. The van der Waals surface area contributed by atoms with Crippen LogP contribution in [0.1, 0.15) is 0 Å². The normalized spacial score (nSPS) is 10.6. The molecule has 0 aromatic heterocycles. The van der Waals surface area contributed by atoms with E-state index >= 15 is 0 Å². The minimum atomic E-state index is 1.08. The molecule has 0 aliphatic carbocycles. The largest absolute Gasteiger partial charge is 0.356 e. The summed E-state index contributed by atoms with van der Waals surface area (Å²) in [6.07, 6.45) is 0. The molecule has 1 N–H and O–H groups in total. The van der Waals surface area contributed by atoms with Gasteiger partial charge in [-0.25, -0.2) is 0 Å². The van der Waals surface area contributed by atoms with Crippen molar-refractivity contribution in [2.75, 3.05) is 5.32 Å². The first-order valence-corrected chi connectivity index (χ1v) is 10.5. The van der Waals surface area contributed by atoms with Crippen LogP contribution < -0.4 is 5.32 Å². The molecule has 0 saturated heterocycles. The van der Waals surface area contributed by atoms with Crippen LogP contribution in [0.15, 0.2) is 133 Å². The molecule has 0 saturated carbocycles. The van der Waals surface area contributed by atoms with Gasteiger partial charge in [-0.05, 0) is 63.7 Å². The summed E-state index contributed by atoms with van der Waals surface area (Å²) in [6.45, 7) is 0. The summed E-state index contributed by atoms with van der Waals surface area (Å²) in [7, 11) is 0. The molecule has 0 heterocycles. The van der Waals surface area contributed by atoms with Gasteiger partial charge in [0, 0.05) is 11.4 Å². The molecule has 0 aliphatic rings. The Labute approximate surface area is 183 Å². The average molecular weight is 398 g/mol. The predicted molar refractivity (Wildman–Crippen MR) is 132 cm³/mol. The monoisotopic (exact) mass is 397 g/mol. The molecular formula is C30H23N. The molecule has 0 amide bonds. The van der Waals surface area contributed by atoms with Crippen molar-refractivity contribution >= 4 is 11.4 Å². The van der Waals surface area contributed by atoms with Crippen LogP contribution in [0.5, 0.6) is 0 Å². The second kappa shape index (κ2) is 8.73. The number of rotatable bonds is 5. The van der Waals surface area contributed by atoms with Gasteiger partial charge in [0.05, 0.1) is 0 Å². The van der Waals surface area contributed by atoms with E-state index in [2.05, 4.69) is 133 Å². The van der Waals surface area contributed by atoms with Crippen LogP contribution in [0.4, 0.5) is 11.4 Å². The van der Waals surface area contributed by atoms with E-state index in [0.717, 1.165) is 11.4 Å². The maximum absolute atomic E-state index is 3.54. The van der Waals surface area contributed by atoms with Gasteiger partial charge in [-0.2, -0.15) is 0 Å². The van der Waals surface area contributed by atoms with Crippen molar-refractivity contribution in [1.82, 2.24) is 0 Å². The third kappa shape index (κ3) is 4.41. The Hall–Kier alpha value is -4.10. The Kier molecular flexibility index (Phi) is 5.32. The first-order valence-electron chi connectivity index (χ1n) is 10.5. The van der Waals surface area contributed by atoms with E-state index in [-0.39, 0.29) is 0 Å². The Morgan fingerprint density at radius 1 is 0.290 bits per heavy atom. The SMILES string of the molecule is c1ccc(-c2ccc(Nc3cccc(-c4cccc(-c5ccccc5)c4)c3)cc2)cc1. The third-order valence-electron chi connectivity index (χ3n) is 5.45. The minimum Gasteiger partial charge on any atom is -0.356 e. The maximum atomic E-state index is 3.54. The Morgan fingerprint density at radius 2 is 0.742 bits per heavy atom. The number of benzene rings is 5. The van der Waals surface area contributed by atoms with E-state index in [0.29, 0.717) is 0 Å². The van der Waals surface area contributed by atoms with Crippen LogP contribution in [-0.2, 0) is 0 Å². The molecule has 0 fully saturated rings. The zero-order chi connectivity index (χ0) is 20.9. The van der Waals surface area contributed by atoms with E-state index in [1.165, 1.54) is 33.4 Å². The molecule has 5 aromatic rings. The predicted octanol–water partition coefficient (Wildman–Crippen LogP) is 8.43. The molecule has 0 atom stereocenters. The minimum absolute atomic E-state index is 1.08. The summed E-state index contributed by atoms with van der Waals surface area (Å²) in [5.74, 6) is 0. The average Bonchev–Trinajstić information content (AvgIpc) is 2.86. The molecule has 5 rings (SSSR count). The Bertz CT molecular complexity index is 1270. The second-order valence-corrected chi connectivity index (χ2v) is 7.60. The Balaban J connectivity index is 1.37. The van der Waals surface area contributed by atoms with Crippen LogP contribution in [0.25, 0.3) is 33.4 Å². The fourth-order valence-electron chi connectivity index (χ4n) is 3.83. The molecule has 0 radical (unpaired) electrons. The van der Waals surface area contributed by atoms with Gasteiger partial charge in [0.25, 0.3) is 0 Å². The highest BCUT2D eigenvalue weighted by Gasteiger charge is 2.04. The van der Waals surface area contributed by atoms with Crippen molar-refractivity contribution in [3.05, 3.63) is 133 Å². The molecule has 1 nitrogen and oxygen atoms in total. The topological polar surface area (TPSA) is 12.0 Å². The zero-order valence-electron chi connectivity index (χ0n) is 17.2. The highest BCUT2D eigenvalue weighted by atomic mass is 14.9. The summed E-state index contributed by atoms with van der Waals surface area (Å²) in [5, 5.41) is 3.54. The second-order valence-electron chi connectivity index (χ2n) is 7.60. The van der Waals surface area contributed by atoms with Crippen molar-refractivity contribution < 1.29 is 0 Å². The van der Waals surface area contributed by atoms with E-state index in [9.17, 15) is 0 Å². The molecule has 0 bridgehead atoms. The number of nitrogens with one attached hydrogen (secondary N) is 1. The van der Waals surface area contributed by atoms with Crippen LogP contribution in [0, 0.1) is 0 Å². The highest BCUT2D eigenvalue weighted by molar-refractivity contribution is 5.76. The lowest BCUT2D eigenvalue weighted by molar-refractivity contribution is 1.53. The van der Waals surface area contributed by atoms with Gasteiger partial charge in [0.15, 0.2) is 0 Å². The molecule has 0 aliphatic heterocycles. The van der Waals surface area contributed by atoms with Crippen LogP contribution in [0.3, 0.4) is 0 Å². The smallest absolute Gasteiger partial charge is 0.0390 e. The van der Waals surface area contributed by atoms with E-state index in [1.54, 1.807) is 0 Å². The quantitative estimate of drug-likeness (QED) is 0.314. The van der Waals surface area contributed by atoms with Crippen molar-refractivity contribution in [3.8, 4) is 33.4 Å². The van der Waals surface area contributed by atoms with E-state index < -0.39 is 0 Å². The Morgan fingerprint density at radius 3 is 1.39 bits per heavy atom. The van der Waals surface area contributed by atoms with Gasteiger partial charge < -0.3 is 5.32 Å². The van der Waals surface area contributed by atoms with Crippen LogP contribution in [-0.4, -0.2) is 0 Å². The van der Waals surface area contributed by atoms with Crippen molar-refractivity contribution in [2.45, 2.75) is 0 Å². The fraction of sp³-hybridized carbons (Fsp3) is 0. The zero-order valence-corrected chi connectivity index (χ0v) is 17.2. The molecular weight excluding hydrogens is 374 g/mol. The summed E-state index contributed by atoms with van der Waals surface area (Å²) in [5.41, 5.74) is 9.48. The summed E-state index contributed by atoms with van der Waals surface area (Å²) < 4.78 is 0. The lowest BCUT2D eigenvalue weighted by atomic mass is 9.99. The highest BCUT2D eigenvalue weighted by Crippen LogP contribution is 2.29. The van der Waals surface area contributed by atoms with Crippen LogP contribution >= 0.6 is 0 Å². The standard InChI is InChI=1S/C30H23N/c1-3-9-23(10-4-1)25-17-19-29(20-18-25)31-30-16-8-15-28(22-30)27-14-7-13-26(21-27)24-11-5-2-6-12-24/h1-22,31H. The summed E-state index contributed by atoms with van der Waals surface area (Å²) in [4.78, 5) is 0. The lowest BCUT2D eigenvalue weighted by Crippen LogP contribution is -1.91. The van der Waals surface area contributed by atoms with E-state index in [4.69, 9.17) is 0 Å². The van der Waals surface area contributed by atoms with Gasteiger partial charge in [-0.15, -0.1) is 0 Å². The third-order valence-corrected chi connectivity index (χ3v) is 5.45. The van der Waals surface area contributed by atoms with E-state index in [1.807, 2.05) is 6.07 Å². The molecule has 31 heavy (non-hydrogen) atoms. The number of hydrogen-bond donors (Lipinski definition) is 1. The molecule has 1 heteroatoms. The van der Waals surface area contributed by atoms with Crippen molar-refractivity contribution in [2.24, 2.45) is 0 Å². The maximum Gasteiger partial charge on any atom is 0.0390 e. The fourth-order valence-corrected chi connectivity index (χ4v) is 3.83. The number of hydrogen-bond acceptors (Lipinski definition) is 1. The molecule has 148 valence electrons. The van der Waals surface area contributed by atoms with Gasteiger partial charge in [-0.1, -0.05) is 103 Å². The number of anilines is 2. The molecule has 0 spiro atoms. The van der Waals surface area contributed by atoms with Crippen molar-refractivity contribution in [3.63, 3.8) is 0 Å². The van der Waals surface area contributed by atoms with Crippen molar-refractivity contribution in [1.29, 1.82) is 0 Å². The lowest BCUT2D eigenvalue weighted by Gasteiger charge is -2.11. The van der Waals surface area contributed by atoms with Crippen LogP contribution in [0.2, 0.25) is 0 Å². The van der Waals surface area contributed by atoms with Gasteiger partial charge in [-0.3, -0.25) is 0 Å². The first-order chi connectivity index (χ1) is 15.3. The first kappa shape index (κ1) is 18.9.